The summed E-state index contributed by atoms with van der Waals surface area (Å²) in [4.78, 5) is 34.0. The van der Waals surface area contributed by atoms with Crippen LogP contribution < -0.4 is 5.32 Å². The van der Waals surface area contributed by atoms with Crippen LogP contribution in [-0.4, -0.2) is 34.2 Å². The number of anilines is 1. The molecule has 0 aliphatic rings. The quantitative estimate of drug-likeness (QED) is 0.281. The number of halogens is 1. The fourth-order valence-corrected chi connectivity index (χ4v) is 4.73. The number of para-hydroxylation sites is 1. The molecule has 27 heavy (non-hydrogen) atoms. The average molecular weight is 422 g/mol. The molecular weight excluding hydrogens is 406 g/mol. The Kier molecular flexibility index (Phi) is 5.98. The second-order valence-electron chi connectivity index (χ2n) is 5.64. The number of thioether (sulfide) groups is 1. The van der Waals surface area contributed by atoms with Crippen LogP contribution in [0.2, 0.25) is 5.15 Å². The number of aryl methyl sites for hydroxylation is 1. The maximum absolute atomic E-state index is 12.4. The van der Waals surface area contributed by atoms with E-state index < -0.39 is 11.2 Å². The van der Waals surface area contributed by atoms with E-state index in [1.54, 1.807) is 13.8 Å². The van der Waals surface area contributed by atoms with Crippen molar-refractivity contribution in [3.8, 4) is 0 Å². The van der Waals surface area contributed by atoms with Crippen molar-refractivity contribution in [3.05, 3.63) is 45.9 Å². The first-order valence-electron chi connectivity index (χ1n) is 7.98. The van der Waals surface area contributed by atoms with Gasteiger partial charge in [0.25, 0.3) is 0 Å². The van der Waals surface area contributed by atoms with Crippen LogP contribution in [-0.2, 0) is 9.53 Å². The summed E-state index contributed by atoms with van der Waals surface area (Å²) in [6, 6.07) is 9.21. The highest BCUT2D eigenvalue weighted by molar-refractivity contribution is 8.00. The molecule has 1 N–H and O–H groups in total. The van der Waals surface area contributed by atoms with Crippen molar-refractivity contribution in [3.63, 3.8) is 0 Å². The minimum Gasteiger partial charge on any atom is -0.465 e. The second-order valence-corrected chi connectivity index (χ2v) is 8.31. The van der Waals surface area contributed by atoms with Crippen LogP contribution in [0.4, 0.5) is 5.69 Å². The fourth-order valence-electron chi connectivity index (χ4n) is 2.39. The topological polar surface area (TPSA) is 81.2 Å². The molecule has 3 rings (SSSR count). The van der Waals surface area contributed by atoms with Gasteiger partial charge in [-0.25, -0.2) is 14.8 Å². The zero-order chi connectivity index (χ0) is 19.6. The number of hydrogen-bond donors (Lipinski definition) is 1. The third-order valence-electron chi connectivity index (χ3n) is 3.79. The maximum Gasteiger partial charge on any atom is 0.348 e. The van der Waals surface area contributed by atoms with Crippen molar-refractivity contribution >= 4 is 62.5 Å². The van der Waals surface area contributed by atoms with E-state index in [0.717, 1.165) is 5.69 Å². The molecule has 0 spiro atoms. The van der Waals surface area contributed by atoms with Crippen molar-refractivity contribution in [2.24, 2.45) is 0 Å². The van der Waals surface area contributed by atoms with Gasteiger partial charge in [-0.1, -0.05) is 41.6 Å². The lowest BCUT2D eigenvalue weighted by Gasteiger charge is -2.11. The van der Waals surface area contributed by atoms with E-state index in [0.29, 0.717) is 25.8 Å². The summed E-state index contributed by atoms with van der Waals surface area (Å²) in [5.74, 6) is -0.597. The molecule has 9 heteroatoms. The first kappa shape index (κ1) is 19.6. The molecule has 0 aliphatic carbocycles. The maximum atomic E-state index is 12.4. The van der Waals surface area contributed by atoms with Crippen LogP contribution in [0.3, 0.4) is 0 Å². The van der Waals surface area contributed by atoms with Crippen LogP contribution in [0.1, 0.15) is 22.2 Å². The summed E-state index contributed by atoms with van der Waals surface area (Å²) in [6.07, 6.45) is 0. The number of aromatic nitrogens is 2. The van der Waals surface area contributed by atoms with Crippen LogP contribution in [0, 0.1) is 6.92 Å². The number of ether oxygens (including phenoxy) is 1. The highest BCUT2D eigenvalue weighted by atomic mass is 35.5. The number of nitrogens with zero attached hydrogens (tertiary/aromatic N) is 2. The third kappa shape index (κ3) is 4.23. The molecule has 6 nitrogen and oxygen atoms in total. The van der Waals surface area contributed by atoms with Gasteiger partial charge in [0, 0.05) is 5.69 Å². The summed E-state index contributed by atoms with van der Waals surface area (Å²) >= 11 is 8.71. The van der Waals surface area contributed by atoms with Gasteiger partial charge >= 0.3 is 5.97 Å². The van der Waals surface area contributed by atoms with Crippen molar-refractivity contribution in [2.75, 3.05) is 12.4 Å². The Balaban J connectivity index is 1.82. The number of rotatable bonds is 5. The monoisotopic (exact) mass is 421 g/mol. The molecule has 3 aromatic rings. The number of carbonyl (C=O) groups excluding carboxylic acids is 2. The molecule has 140 valence electrons. The molecule has 0 radical (unpaired) electrons. The summed E-state index contributed by atoms with van der Waals surface area (Å²) in [5, 5.41) is 3.67. The van der Waals surface area contributed by atoms with Gasteiger partial charge in [0.15, 0.2) is 5.16 Å². The number of esters is 1. The molecule has 0 saturated heterocycles. The molecule has 2 heterocycles. The average Bonchev–Trinajstić information content (AvgIpc) is 2.98. The number of carbonyl (C=O) groups is 2. The number of benzene rings is 1. The number of methoxy groups -OCH3 is 1. The lowest BCUT2D eigenvalue weighted by molar-refractivity contribution is -0.115. The lowest BCUT2D eigenvalue weighted by atomic mass is 10.2. The first-order valence-corrected chi connectivity index (χ1v) is 10.1. The predicted octanol–water partition coefficient (Wildman–Crippen LogP) is 4.56. The molecule has 2 aromatic heterocycles. The van der Waals surface area contributed by atoms with Crippen molar-refractivity contribution in [1.82, 2.24) is 9.97 Å². The van der Waals surface area contributed by atoms with Gasteiger partial charge in [-0.3, -0.25) is 4.79 Å². The van der Waals surface area contributed by atoms with Crippen LogP contribution in [0.15, 0.2) is 35.5 Å². The van der Waals surface area contributed by atoms with Crippen LogP contribution in [0.25, 0.3) is 10.2 Å². The minimum absolute atomic E-state index is 0.163. The second kappa shape index (κ2) is 8.24. The molecular formula is C18H16ClN3O3S2. The largest absolute Gasteiger partial charge is 0.465 e. The highest BCUT2D eigenvalue weighted by Gasteiger charge is 2.22. The number of fused-ring (bicyclic) bond motifs is 1. The van der Waals surface area contributed by atoms with Crippen LogP contribution in [0.5, 0.6) is 0 Å². The zero-order valence-electron chi connectivity index (χ0n) is 14.8. The Morgan fingerprint density at radius 1 is 1.26 bits per heavy atom. The van der Waals surface area contributed by atoms with E-state index in [2.05, 4.69) is 15.3 Å². The molecule has 1 unspecified atom stereocenters. The Morgan fingerprint density at radius 2 is 1.96 bits per heavy atom. The fraction of sp³-hybridized carbons (Fsp3) is 0.222. The van der Waals surface area contributed by atoms with Gasteiger partial charge in [-0.15, -0.1) is 11.3 Å². The Labute approximate surface area is 169 Å². The van der Waals surface area contributed by atoms with Crippen LogP contribution >= 0.6 is 34.7 Å². The number of amides is 1. The zero-order valence-corrected chi connectivity index (χ0v) is 17.2. The highest BCUT2D eigenvalue weighted by Crippen LogP contribution is 2.36. The minimum atomic E-state index is -0.434. The van der Waals surface area contributed by atoms with Crippen molar-refractivity contribution in [2.45, 2.75) is 24.3 Å². The van der Waals surface area contributed by atoms with Crippen molar-refractivity contribution < 1.29 is 14.3 Å². The molecule has 0 fully saturated rings. The van der Waals surface area contributed by atoms with Gasteiger partial charge in [-0.2, -0.15) is 0 Å². The van der Waals surface area contributed by atoms with E-state index >= 15 is 0 Å². The Morgan fingerprint density at radius 3 is 2.63 bits per heavy atom. The van der Waals surface area contributed by atoms with E-state index in [4.69, 9.17) is 16.3 Å². The molecule has 0 bridgehead atoms. The number of hydrogen-bond acceptors (Lipinski definition) is 7. The molecule has 0 aliphatic heterocycles. The van der Waals surface area contributed by atoms with E-state index in [1.165, 1.54) is 30.2 Å². The third-order valence-corrected chi connectivity index (χ3v) is 6.19. The Bertz CT molecular complexity index is 1010. The summed E-state index contributed by atoms with van der Waals surface area (Å²) < 4.78 is 4.79. The van der Waals surface area contributed by atoms with Gasteiger partial charge in [0.05, 0.1) is 17.7 Å². The van der Waals surface area contributed by atoms with Gasteiger partial charge in [-0.05, 0) is 31.5 Å². The summed E-state index contributed by atoms with van der Waals surface area (Å²) in [7, 11) is 1.33. The van der Waals surface area contributed by atoms with Gasteiger partial charge in [0.1, 0.15) is 14.9 Å². The number of thiophene rings is 1. The van der Waals surface area contributed by atoms with Gasteiger partial charge in [0.2, 0.25) is 5.91 Å². The van der Waals surface area contributed by atoms with Crippen molar-refractivity contribution in [1.29, 1.82) is 0 Å². The number of nitrogens with one attached hydrogen (secondary N) is 1. The summed E-state index contributed by atoms with van der Waals surface area (Å²) in [6.45, 7) is 3.55. The molecule has 1 amide bonds. The smallest absolute Gasteiger partial charge is 0.348 e. The standard InChI is InChI=1S/C18H16ClN3O3S2/c1-9-12-14(19)21-18(22-16(12)27-13(9)17(24)25-3)26-10(2)15(23)20-11-7-5-4-6-8-11/h4-8,10H,1-3H3,(H,20,23). The molecule has 1 aromatic carbocycles. The normalized spacial score (nSPS) is 12.0. The SMILES string of the molecule is COC(=O)c1sc2nc(SC(C)C(=O)Nc3ccccc3)nc(Cl)c2c1C. The first-order chi connectivity index (χ1) is 12.9. The molecule has 1 atom stereocenters. The molecule has 0 saturated carbocycles. The predicted molar refractivity (Wildman–Crippen MR) is 109 cm³/mol. The van der Waals surface area contributed by atoms with E-state index in [9.17, 15) is 9.59 Å². The summed E-state index contributed by atoms with van der Waals surface area (Å²) in [5.41, 5.74) is 1.42. The van der Waals surface area contributed by atoms with Gasteiger partial charge < -0.3 is 10.1 Å². The van der Waals surface area contributed by atoms with E-state index in [1.807, 2.05) is 30.3 Å². The van der Waals surface area contributed by atoms with E-state index in [-0.39, 0.29) is 11.1 Å². The lowest BCUT2D eigenvalue weighted by Crippen LogP contribution is -2.22. The Hall–Kier alpha value is -2.16.